The lowest BCUT2D eigenvalue weighted by atomic mass is 10.2. The number of fused-ring (bicyclic) bond motifs is 1. The lowest BCUT2D eigenvalue weighted by molar-refractivity contribution is 0.0949. The van der Waals surface area contributed by atoms with Gasteiger partial charge in [0.25, 0.3) is 5.91 Å². The minimum absolute atomic E-state index is 0.0831. The molecule has 6 heteroatoms. The number of thiophene rings is 1. The number of hydrogen-bond donors (Lipinski definition) is 3. The number of anilines is 1. The molecule has 0 atom stereocenters. The second kappa shape index (κ2) is 5.03. The molecule has 0 bridgehead atoms. The molecular formula is C11H11BrN2O2S. The quantitative estimate of drug-likeness (QED) is 0.810. The first-order chi connectivity index (χ1) is 8.15. The van der Waals surface area contributed by atoms with Crippen LogP contribution in [0.1, 0.15) is 9.67 Å². The molecule has 0 radical (unpaired) electrons. The molecule has 1 aromatic heterocycles. The molecule has 2 aromatic rings. The summed E-state index contributed by atoms with van der Waals surface area (Å²) in [5, 5.41) is 12.1. The molecular weight excluding hydrogens is 304 g/mol. The molecule has 4 nitrogen and oxygen atoms in total. The van der Waals surface area contributed by atoms with Gasteiger partial charge in [-0.05, 0) is 12.1 Å². The third-order valence-corrected chi connectivity index (χ3v) is 4.14. The van der Waals surface area contributed by atoms with Crippen molar-refractivity contribution in [2.75, 3.05) is 18.9 Å². The van der Waals surface area contributed by atoms with Crippen LogP contribution in [0.2, 0.25) is 0 Å². The fourth-order valence-corrected chi connectivity index (χ4v) is 3.32. The van der Waals surface area contributed by atoms with Gasteiger partial charge in [0.05, 0.1) is 12.3 Å². The minimum Gasteiger partial charge on any atom is -0.397 e. The standard InChI is InChI=1S/C11H11BrN2O2S/c12-6-2-1-3-7-8(6)9(13)10(17-7)11(16)14-4-5-15/h1-3,15H,4-5,13H2,(H,14,16). The molecule has 17 heavy (non-hydrogen) atoms. The van der Waals surface area contributed by atoms with E-state index in [4.69, 9.17) is 10.8 Å². The van der Waals surface area contributed by atoms with E-state index < -0.39 is 0 Å². The molecule has 0 saturated carbocycles. The highest BCUT2D eigenvalue weighted by Gasteiger charge is 2.17. The first-order valence-electron chi connectivity index (χ1n) is 5.00. The number of carbonyl (C=O) groups is 1. The van der Waals surface area contributed by atoms with Crippen molar-refractivity contribution in [3.8, 4) is 0 Å². The molecule has 1 aromatic carbocycles. The number of halogens is 1. The summed E-state index contributed by atoms with van der Waals surface area (Å²) in [6.45, 7) is 0.147. The van der Waals surface area contributed by atoms with Crippen molar-refractivity contribution < 1.29 is 9.90 Å². The Kier molecular flexibility index (Phi) is 3.66. The number of aliphatic hydroxyl groups is 1. The monoisotopic (exact) mass is 314 g/mol. The van der Waals surface area contributed by atoms with Crippen molar-refractivity contribution in [3.05, 3.63) is 27.5 Å². The van der Waals surface area contributed by atoms with E-state index in [1.54, 1.807) is 0 Å². The molecule has 2 rings (SSSR count). The smallest absolute Gasteiger partial charge is 0.263 e. The fraction of sp³-hybridized carbons (Fsp3) is 0.182. The number of nitrogens with two attached hydrogens (primary N) is 1. The highest BCUT2D eigenvalue weighted by Crippen LogP contribution is 2.37. The van der Waals surface area contributed by atoms with Gasteiger partial charge in [-0.2, -0.15) is 0 Å². The van der Waals surface area contributed by atoms with Crippen molar-refractivity contribution in [3.63, 3.8) is 0 Å². The molecule has 1 amide bonds. The minimum atomic E-state index is -0.246. The van der Waals surface area contributed by atoms with Crippen LogP contribution in [-0.2, 0) is 0 Å². The van der Waals surface area contributed by atoms with Gasteiger partial charge >= 0.3 is 0 Å². The van der Waals surface area contributed by atoms with Crippen LogP contribution < -0.4 is 11.1 Å². The summed E-state index contributed by atoms with van der Waals surface area (Å²) >= 11 is 4.77. The second-order valence-electron chi connectivity index (χ2n) is 3.44. The molecule has 0 spiro atoms. The zero-order valence-corrected chi connectivity index (χ0v) is 11.3. The highest BCUT2D eigenvalue weighted by molar-refractivity contribution is 9.10. The van der Waals surface area contributed by atoms with E-state index in [-0.39, 0.29) is 19.1 Å². The summed E-state index contributed by atoms with van der Waals surface area (Å²) in [7, 11) is 0. The third kappa shape index (κ3) is 2.29. The Balaban J connectivity index is 2.46. The van der Waals surface area contributed by atoms with E-state index in [9.17, 15) is 4.79 Å². The maximum atomic E-state index is 11.8. The van der Waals surface area contributed by atoms with Crippen molar-refractivity contribution in [1.29, 1.82) is 0 Å². The van der Waals surface area contributed by atoms with Gasteiger partial charge in [-0.3, -0.25) is 4.79 Å². The Morgan fingerprint density at radius 1 is 1.53 bits per heavy atom. The molecule has 4 N–H and O–H groups in total. The molecule has 0 aliphatic rings. The van der Waals surface area contributed by atoms with Gasteiger partial charge in [-0.1, -0.05) is 22.0 Å². The van der Waals surface area contributed by atoms with Gasteiger partial charge in [-0.25, -0.2) is 0 Å². The molecule has 0 aliphatic carbocycles. The van der Waals surface area contributed by atoms with Crippen molar-refractivity contribution in [2.24, 2.45) is 0 Å². The summed E-state index contributed by atoms with van der Waals surface area (Å²) in [5.41, 5.74) is 6.45. The van der Waals surface area contributed by atoms with Gasteiger partial charge in [0, 0.05) is 21.1 Å². The highest BCUT2D eigenvalue weighted by atomic mass is 79.9. The van der Waals surface area contributed by atoms with Gasteiger partial charge in [0.15, 0.2) is 0 Å². The van der Waals surface area contributed by atoms with Crippen molar-refractivity contribution in [2.45, 2.75) is 0 Å². The van der Waals surface area contributed by atoms with Crippen LogP contribution in [0.3, 0.4) is 0 Å². The van der Waals surface area contributed by atoms with Gasteiger partial charge < -0.3 is 16.2 Å². The topological polar surface area (TPSA) is 75.4 Å². The van der Waals surface area contributed by atoms with Crippen LogP contribution in [0.25, 0.3) is 10.1 Å². The first-order valence-corrected chi connectivity index (χ1v) is 6.61. The average Bonchev–Trinajstić information content (AvgIpc) is 2.65. The molecule has 0 unspecified atom stereocenters. The molecule has 0 fully saturated rings. The summed E-state index contributed by atoms with van der Waals surface area (Å²) in [4.78, 5) is 12.3. The fourth-order valence-electron chi connectivity index (χ4n) is 1.55. The summed E-state index contributed by atoms with van der Waals surface area (Å²) < 4.78 is 1.84. The number of nitrogen functional groups attached to an aromatic ring is 1. The first kappa shape index (κ1) is 12.3. The largest absolute Gasteiger partial charge is 0.397 e. The Morgan fingerprint density at radius 3 is 2.94 bits per heavy atom. The van der Waals surface area contributed by atoms with Crippen LogP contribution in [0.5, 0.6) is 0 Å². The number of nitrogens with one attached hydrogen (secondary N) is 1. The summed E-state index contributed by atoms with van der Waals surface area (Å²) in [5.74, 6) is -0.246. The number of carbonyl (C=O) groups excluding carboxylic acids is 1. The Bertz CT molecular complexity index is 568. The van der Waals surface area contributed by atoms with Crippen molar-refractivity contribution in [1.82, 2.24) is 5.32 Å². The van der Waals surface area contributed by atoms with Gasteiger partial charge in [-0.15, -0.1) is 11.3 Å². The van der Waals surface area contributed by atoms with Crippen LogP contribution in [0.15, 0.2) is 22.7 Å². The number of hydrogen-bond acceptors (Lipinski definition) is 4. The third-order valence-electron chi connectivity index (χ3n) is 2.30. The second-order valence-corrected chi connectivity index (χ2v) is 5.34. The van der Waals surface area contributed by atoms with Crippen LogP contribution in [-0.4, -0.2) is 24.2 Å². The predicted molar refractivity (Wildman–Crippen MR) is 73.4 cm³/mol. The predicted octanol–water partition coefficient (Wildman–Crippen LogP) is 1.97. The van der Waals surface area contributed by atoms with Gasteiger partial charge in [0.2, 0.25) is 0 Å². The number of rotatable bonds is 3. The summed E-state index contributed by atoms with van der Waals surface area (Å²) in [6.07, 6.45) is 0. The van der Waals surface area contributed by atoms with E-state index >= 15 is 0 Å². The van der Waals surface area contributed by atoms with E-state index in [1.807, 2.05) is 18.2 Å². The zero-order valence-electron chi connectivity index (χ0n) is 8.87. The Hall–Kier alpha value is -1.11. The van der Waals surface area contributed by atoms with Crippen LogP contribution in [0.4, 0.5) is 5.69 Å². The van der Waals surface area contributed by atoms with E-state index in [2.05, 4.69) is 21.2 Å². The number of amides is 1. The number of benzene rings is 1. The molecule has 90 valence electrons. The van der Waals surface area contributed by atoms with Crippen molar-refractivity contribution >= 4 is 48.9 Å². The SMILES string of the molecule is Nc1c(C(=O)NCCO)sc2cccc(Br)c12. The lowest BCUT2D eigenvalue weighted by Crippen LogP contribution is -2.26. The molecule has 0 aliphatic heterocycles. The molecule has 0 saturated heterocycles. The van der Waals surface area contributed by atoms with Crippen LogP contribution in [0, 0.1) is 0 Å². The lowest BCUT2D eigenvalue weighted by Gasteiger charge is -2.01. The van der Waals surface area contributed by atoms with E-state index in [0.717, 1.165) is 14.6 Å². The average molecular weight is 315 g/mol. The van der Waals surface area contributed by atoms with E-state index in [1.165, 1.54) is 11.3 Å². The Labute approximate surface area is 111 Å². The van der Waals surface area contributed by atoms with E-state index in [0.29, 0.717) is 10.6 Å². The number of aliphatic hydroxyl groups excluding tert-OH is 1. The maximum Gasteiger partial charge on any atom is 0.263 e. The van der Waals surface area contributed by atoms with Crippen LogP contribution >= 0.6 is 27.3 Å². The molecule has 1 heterocycles. The summed E-state index contributed by atoms with van der Waals surface area (Å²) in [6, 6.07) is 5.71. The Morgan fingerprint density at radius 2 is 2.29 bits per heavy atom. The van der Waals surface area contributed by atoms with Gasteiger partial charge in [0.1, 0.15) is 4.88 Å². The maximum absolute atomic E-state index is 11.8. The normalized spacial score (nSPS) is 10.7. The zero-order chi connectivity index (χ0) is 12.4.